The fourth-order valence-electron chi connectivity index (χ4n) is 3.40. The molecular formula is C25H24ClFN6O4S3. The number of thioether (sulfide) groups is 1. The zero-order valence-electron chi connectivity index (χ0n) is 21.4. The quantitative estimate of drug-likeness (QED) is 0.106. The minimum Gasteiger partial charge on any atom is -0.489 e. The van der Waals surface area contributed by atoms with Crippen LogP contribution in [0.4, 0.5) is 21.6 Å². The molecule has 0 saturated carbocycles. The van der Waals surface area contributed by atoms with Crippen molar-refractivity contribution in [1.82, 2.24) is 19.7 Å². The molecule has 2 heterocycles. The van der Waals surface area contributed by atoms with Gasteiger partial charge in [-0.3, -0.25) is 9.59 Å². The molecule has 0 atom stereocenters. The normalized spacial score (nSPS) is 11.0. The van der Waals surface area contributed by atoms with Crippen molar-refractivity contribution in [3.63, 3.8) is 0 Å². The molecule has 0 unspecified atom stereocenters. The van der Waals surface area contributed by atoms with E-state index < -0.39 is 5.82 Å². The van der Waals surface area contributed by atoms with Crippen molar-refractivity contribution in [2.45, 2.75) is 24.2 Å². The third-order valence-electron chi connectivity index (χ3n) is 5.30. The van der Waals surface area contributed by atoms with Crippen molar-refractivity contribution < 1.29 is 23.5 Å². The van der Waals surface area contributed by atoms with Crippen molar-refractivity contribution in [2.24, 2.45) is 0 Å². The molecule has 0 bridgehead atoms. The number of rotatable bonds is 13. The Kier molecular flexibility index (Phi) is 10.4. The predicted octanol–water partition coefficient (Wildman–Crippen LogP) is 5.89. The van der Waals surface area contributed by atoms with Crippen LogP contribution in [0.15, 0.2) is 41.0 Å². The number of amides is 1. The summed E-state index contributed by atoms with van der Waals surface area (Å²) in [5, 5.41) is 10.9. The number of ketones is 1. The summed E-state index contributed by atoms with van der Waals surface area (Å²) in [4.78, 5) is 32.9. The molecule has 0 aliphatic heterocycles. The Balaban J connectivity index is 1.59. The van der Waals surface area contributed by atoms with Gasteiger partial charge in [0.05, 0.1) is 22.8 Å². The Bertz CT molecular complexity index is 1600. The first kappa shape index (κ1) is 29.8. The van der Waals surface area contributed by atoms with Crippen LogP contribution in [0.1, 0.15) is 13.3 Å². The first-order valence-corrected chi connectivity index (χ1v) is 14.4. The summed E-state index contributed by atoms with van der Waals surface area (Å²) in [7, 11) is 1.56. The topological polar surface area (TPSA) is 120 Å². The molecule has 0 radical (unpaired) electrons. The van der Waals surface area contributed by atoms with Gasteiger partial charge in [0.2, 0.25) is 5.91 Å². The van der Waals surface area contributed by atoms with E-state index >= 15 is 0 Å². The van der Waals surface area contributed by atoms with Gasteiger partial charge in [-0.1, -0.05) is 34.7 Å². The standard InChI is InChI=1S/C25H24ClFN6O4S3/c1-14(34)5-8-39-24-32-33(25(38)40-24)12-22(35)31-20-10-16-19(11-21(20)37-7-6-36-2)28-13-29-23(16)30-15-3-4-18(27)17(26)9-15/h3-4,9-11,13H,5-8,12H2,1-2H3,(H,31,35)(H,28,29,30). The van der Waals surface area contributed by atoms with E-state index in [0.29, 0.717) is 60.9 Å². The van der Waals surface area contributed by atoms with Crippen molar-refractivity contribution >= 4 is 86.7 Å². The maximum Gasteiger partial charge on any atom is 0.246 e. The number of methoxy groups -OCH3 is 1. The fraction of sp³-hybridized carbons (Fsp3) is 0.280. The maximum absolute atomic E-state index is 13.6. The molecule has 40 heavy (non-hydrogen) atoms. The van der Waals surface area contributed by atoms with E-state index in [9.17, 15) is 14.0 Å². The highest BCUT2D eigenvalue weighted by Crippen LogP contribution is 2.34. The number of hydrogen-bond donors (Lipinski definition) is 2. The number of ether oxygens (including phenoxy) is 2. The molecule has 2 N–H and O–H groups in total. The number of Topliss-reactive ketones (excluding diaryl/α,β-unsaturated/α-hetero) is 1. The van der Waals surface area contributed by atoms with Gasteiger partial charge in [-0.05, 0) is 43.4 Å². The van der Waals surface area contributed by atoms with Gasteiger partial charge in [-0.25, -0.2) is 19.0 Å². The Hall–Kier alpha value is -3.17. The minimum absolute atomic E-state index is 0.0359. The molecule has 4 rings (SSSR count). The predicted molar refractivity (Wildman–Crippen MR) is 157 cm³/mol. The van der Waals surface area contributed by atoms with Gasteiger partial charge in [-0.2, -0.15) is 5.10 Å². The molecule has 0 aliphatic rings. The van der Waals surface area contributed by atoms with Crippen molar-refractivity contribution in [3.8, 4) is 5.75 Å². The lowest BCUT2D eigenvalue weighted by Crippen LogP contribution is -2.20. The maximum atomic E-state index is 13.6. The number of benzene rings is 2. The van der Waals surface area contributed by atoms with Gasteiger partial charge in [0, 0.05) is 36.4 Å². The van der Waals surface area contributed by atoms with Crippen LogP contribution in [-0.4, -0.2) is 57.5 Å². The van der Waals surface area contributed by atoms with Crippen LogP contribution in [0, 0.1) is 9.77 Å². The van der Waals surface area contributed by atoms with Crippen LogP contribution in [0.25, 0.3) is 10.9 Å². The number of nitrogens with one attached hydrogen (secondary N) is 2. The van der Waals surface area contributed by atoms with Gasteiger partial charge < -0.3 is 20.1 Å². The van der Waals surface area contributed by atoms with Gasteiger partial charge in [0.15, 0.2) is 8.29 Å². The third-order valence-corrected chi connectivity index (χ3v) is 8.03. The average molecular weight is 623 g/mol. The van der Waals surface area contributed by atoms with Crippen LogP contribution < -0.4 is 15.4 Å². The number of hydrogen-bond acceptors (Lipinski definition) is 11. The fourth-order valence-corrected chi connectivity index (χ4v) is 6.02. The highest BCUT2D eigenvalue weighted by Gasteiger charge is 2.16. The molecule has 0 aliphatic carbocycles. The molecule has 2 aromatic heterocycles. The average Bonchev–Trinajstić information content (AvgIpc) is 3.25. The number of anilines is 3. The zero-order chi connectivity index (χ0) is 28.6. The van der Waals surface area contributed by atoms with Crippen LogP contribution in [0.5, 0.6) is 5.75 Å². The number of aromatic nitrogens is 4. The SMILES string of the molecule is COCCOc1cc2ncnc(Nc3ccc(F)c(Cl)c3)c2cc1NC(=O)Cn1nc(SCCC(C)=O)sc1=S. The van der Waals surface area contributed by atoms with E-state index in [4.69, 9.17) is 33.3 Å². The van der Waals surface area contributed by atoms with E-state index in [2.05, 4.69) is 25.7 Å². The number of fused-ring (bicyclic) bond motifs is 1. The molecule has 10 nitrogen and oxygen atoms in total. The Morgan fingerprint density at radius 2 is 2.05 bits per heavy atom. The summed E-state index contributed by atoms with van der Waals surface area (Å²) < 4.78 is 27.1. The summed E-state index contributed by atoms with van der Waals surface area (Å²) >= 11 is 14.0. The summed E-state index contributed by atoms with van der Waals surface area (Å²) in [6.07, 6.45) is 1.81. The molecule has 210 valence electrons. The molecule has 0 spiro atoms. The van der Waals surface area contributed by atoms with E-state index in [1.807, 2.05) is 0 Å². The van der Waals surface area contributed by atoms with Crippen molar-refractivity contribution in [3.05, 3.63) is 51.5 Å². The van der Waals surface area contributed by atoms with Crippen LogP contribution in [0.2, 0.25) is 5.02 Å². The second-order valence-electron chi connectivity index (χ2n) is 8.32. The Labute approximate surface area is 247 Å². The number of carbonyl (C=O) groups is 2. The van der Waals surface area contributed by atoms with Crippen LogP contribution in [0.3, 0.4) is 0 Å². The Morgan fingerprint density at radius 3 is 2.80 bits per heavy atom. The molecule has 15 heteroatoms. The highest BCUT2D eigenvalue weighted by molar-refractivity contribution is 8.01. The number of nitrogens with zero attached hydrogens (tertiary/aromatic N) is 4. The minimum atomic E-state index is -0.537. The largest absolute Gasteiger partial charge is 0.489 e. The molecule has 1 amide bonds. The summed E-state index contributed by atoms with van der Waals surface area (Å²) in [6, 6.07) is 7.60. The molecule has 4 aromatic rings. The lowest BCUT2D eigenvalue weighted by molar-refractivity contribution is -0.117. The van der Waals surface area contributed by atoms with Gasteiger partial charge >= 0.3 is 0 Å². The molecule has 0 saturated heterocycles. The second kappa shape index (κ2) is 13.9. The van der Waals surface area contributed by atoms with Crippen LogP contribution in [-0.2, 0) is 20.9 Å². The summed E-state index contributed by atoms with van der Waals surface area (Å²) in [5.41, 5.74) is 1.44. The molecule has 0 fully saturated rings. The van der Waals surface area contributed by atoms with Crippen molar-refractivity contribution in [2.75, 3.05) is 36.7 Å². The van der Waals surface area contributed by atoms with E-state index in [1.54, 1.807) is 19.2 Å². The third kappa shape index (κ3) is 7.95. The number of halogens is 2. The summed E-state index contributed by atoms with van der Waals surface area (Å²) in [5.74, 6) is 0.569. The Morgan fingerprint density at radius 1 is 1.23 bits per heavy atom. The second-order valence-corrected chi connectivity index (χ2v) is 11.7. The lowest BCUT2D eigenvalue weighted by atomic mass is 10.1. The zero-order valence-corrected chi connectivity index (χ0v) is 24.6. The van der Waals surface area contributed by atoms with Gasteiger partial charge in [0.25, 0.3) is 0 Å². The first-order valence-electron chi connectivity index (χ1n) is 11.9. The molecule has 2 aromatic carbocycles. The van der Waals surface area contributed by atoms with Crippen LogP contribution >= 0.6 is 46.9 Å². The number of carbonyl (C=O) groups excluding carboxylic acids is 2. The van der Waals surface area contributed by atoms with Crippen molar-refractivity contribution in [1.29, 1.82) is 0 Å². The van der Waals surface area contributed by atoms with E-state index in [0.717, 1.165) is 0 Å². The lowest BCUT2D eigenvalue weighted by Gasteiger charge is -2.15. The van der Waals surface area contributed by atoms with Gasteiger partial charge in [-0.15, -0.1) is 0 Å². The van der Waals surface area contributed by atoms with E-state index in [-0.39, 0.29) is 29.9 Å². The van der Waals surface area contributed by atoms with E-state index in [1.165, 1.54) is 59.2 Å². The first-order chi connectivity index (χ1) is 19.2. The summed E-state index contributed by atoms with van der Waals surface area (Å²) in [6.45, 7) is 2.00. The smallest absolute Gasteiger partial charge is 0.246 e. The monoisotopic (exact) mass is 622 g/mol. The molecular weight excluding hydrogens is 599 g/mol. The highest BCUT2D eigenvalue weighted by atomic mass is 35.5. The van der Waals surface area contributed by atoms with Gasteiger partial charge in [0.1, 0.15) is 42.6 Å².